The van der Waals surface area contributed by atoms with E-state index in [1.54, 1.807) is 21.3 Å². The molecule has 0 amide bonds. The molecule has 0 saturated heterocycles. The SMILES string of the molecule is CCCCCCCC(C(CCC)C(C)(C)N)[Si](OC)(OC)OC. The third-order valence-corrected chi connectivity index (χ3v) is 8.27. The lowest BCUT2D eigenvalue weighted by molar-refractivity contribution is 0.0869. The lowest BCUT2D eigenvalue weighted by Crippen LogP contribution is -2.55. The van der Waals surface area contributed by atoms with Gasteiger partial charge < -0.3 is 19.0 Å². The molecule has 0 aliphatic heterocycles. The van der Waals surface area contributed by atoms with E-state index in [9.17, 15) is 0 Å². The second kappa shape index (κ2) is 11.6. The second-order valence-electron chi connectivity index (χ2n) is 7.24. The van der Waals surface area contributed by atoms with Crippen LogP contribution in [0.4, 0.5) is 0 Å². The van der Waals surface area contributed by atoms with Crippen molar-refractivity contribution in [3.8, 4) is 0 Å². The molecule has 2 N–H and O–H groups in total. The lowest BCUT2D eigenvalue weighted by Gasteiger charge is -2.43. The van der Waals surface area contributed by atoms with Gasteiger partial charge in [0.15, 0.2) is 0 Å². The van der Waals surface area contributed by atoms with E-state index >= 15 is 0 Å². The summed E-state index contributed by atoms with van der Waals surface area (Å²) in [4.78, 5) is 0. The van der Waals surface area contributed by atoms with Crippen LogP contribution in [0.1, 0.15) is 79.1 Å². The summed E-state index contributed by atoms with van der Waals surface area (Å²) in [6.45, 7) is 8.71. The van der Waals surface area contributed by atoms with E-state index in [-0.39, 0.29) is 11.1 Å². The van der Waals surface area contributed by atoms with E-state index in [2.05, 4.69) is 27.7 Å². The zero-order chi connectivity index (χ0) is 17.9. The third kappa shape index (κ3) is 7.22. The van der Waals surface area contributed by atoms with Crippen molar-refractivity contribution < 1.29 is 13.3 Å². The highest BCUT2D eigenvalue weighted by Crippen LogP contribution is 2.43. The average Bonchev–Trinajstić information content (AvgIpc) is 2.51. The normalized spacial score (nSPS) is 15.7. The first kappa shape index (κ1) is 23.1. The van der Waals surface area contributed by atoms with E-state index in [1.807, 2.05) is 0 Å². The molecule has 0 fully saturated rings. The molecule has 0 rings (SSSR count). The van der Waals surface area contributed by atoms with Crippen LogP contribution in [0.2, 0.25) is 5.54 Å². The highest BCUT2D eigenvalue weighted by atomic mass is 28.4. The first-order valence-corrected chi connectivity index (χ1v) is 11.1. The molecule has 0 aromatic heterocycles. The van der Waals surface area contributed by atoms with Crippen LogP contribution in [-0.2, 0) is 13.3 Å². The Hall–Kier alpha value is 0.0569. The molecule has 4 nitrogen and oxygen atoms in total. The molecule has 140 valence electrons. The molecule has 2 unspecified atom stereocenters. The van der Waals surface area contributed by atoms with Gasteiger partial charge in [0.2, 0.25) is 0 Å². The molecular weight excluding hydrogens is 306 g/mol. The highest BCUT2D eigenvalue weighted by Gasteiger charge is 2.52. The van der Waals surface area contributed by atoms with Crippen molar-refractivity contribution in [2.75, 3.05) is 21.3 Å². The second-order valence-corrected chi connectivity index (χ2v) is 10.4. The first-order chi connectivity index (χ1) is 10.8. The number of rotatable bonds is 14. The molecule has 0 saturated carbocycles. The van der Waals surface area contributed by atoms with Crippen LogP contribution < -0.4 is 5.73 Å². The van der Waals surface area contributed by atoms with Gasteiger partial charge in [-0.15, -0.1) is 0 Å². The van der Waals surface area contributed by atoms with Gasteiger partial charge in [0.25, 0.3) is 0 Å². The predicted molar refractivity (Wildman–Crippen MR) is 101 cm³/mol. The molecule has 0 radical (unpaired) electrons. The monoisotopic (exact) mass is 347 g/mol. The van der Waals surface area contributed by atoms with Crippen molar-refractivity contribution in [1.82, 2.24) is 0 Å². The van der Waals surface area contributed by atoms with E-state index in [4.69, 9.17) is 19.0 Å². The van der Waals surface area contributed by atoms with Gasteiger partial charge in [0, 0.05) is 32.4 Å². The fraction of sp³-hybridized carbons (Fsp3) is 1.00. The molecule has 23 heavy (non-hydrogen) atoms. The number of nitrogens with two attached hydrogens (primary N) is 1. The van der Waals surface area contributed by atoms with E-state index in [1.165, 1.54) is 32.1 Å². The van der Waals surface area contributed by atoms with Crippen molar-refractivity contribution in [2.24, 2.45) is 11.7 Å². The molecule has 0 aliphatic carbocycles. The summed E-state index contributed by atoms with van der Waals surface area (Å²) in [6, 6.07) is 0. The van der Waals surface area contributed by atoms with Crippen LogP contribution in [0, 0.1) is 5.92 Å². The molecular formula is C18H41NO3Si. The van der Waals surface area contributed by atoms with Crippen molar-refractivity contribution in [1.29, 1.82) is 0 Å². The average molecular weight is 348 g/mol. The van der Waals surface area contributed by atoms with E-state index in [0.29, 0.717) is 5.92 Å². The fourth-order valence-electron chi connectivity index (χ4n) is 3.70. The third-order valence-electron chi connectivity index (χ3n) is 4.97. The lowest BCUT2D eigenvalue weighted by atomic mass is 9.80. The molecule has 0 bridgehead atoms. The summed E-state index contributed by atoms with van der Waals surface area (Å²) in [5, 5.41) is 0. The van der Waals surface area contributed by atoms with Gasteiger partial charge in [0.05, 0.1) is 0 Å². The first-order valence-electron chi connectivity index (χ1n) is 9.27. The quantitative estimate of drug-likeness (QED) is 0.364. The van der Waals surface area contributed by atoms with Gasteiger partial charge in [-0.3, -0.25) is 0 Å². The Morgan fingerprint density at radius 1 is 0.826 bits per heavy atom. The van der Waals surface area contributed by atoms with Gasteiger partial charge in [-0.2, -0.15) is 0 Å². The maximum Gasteiger partial charge on any atom is 0.503 e. The van der Waals surface area contributed by atoms with Gasteiger partial charge in [-0.1, -0.05) is 52.4 Å². The Morgan fingerprint density at radius 2 is 1.35 bits per heavy atom. The number of unbranched alkanes of at least 4 members (excludes halogenated alkanes) is 4. The summed E-state index contributed by atoms with van der Waals surface area (Å²) in [5.41, 5.74) is 6.52. The molecule has 0 aromatic rings. The summed E-state index contributed by atoms with van der Waals surface area (Å²) in [6.07, 6.45) is 9.58. The summed E-state index contributed by atoms with van der Waals surface area (Å²) < 4.78 is 17.5. The topological polar surface area (TPSA) is 53.7 Å². The molecule has 2 atom stereocenters. The molecule has 0 heterocycles. The minimum Gasteiger partial charge on any atom is -0.377 e. The molecule has 0 aliphatic rings. The fourth-order valence-corrected chi connectivity index (χ4v) is 6.75. The van der Waals surface area contributed by atoms with Gasteiger partial charge in [-0.25, -0.2) is 0 Å². The Kier molecular flexibility index (Phi) is 11.6. The summed E-state index contributed by atoms with van der Waals surface area (Å²) in [5.74, 6) is 0.338. The maximum absolute atomic E-state index is 6.53. The van der Waals surface area contributed by atoms with Crippen LogP contribution in [0.5, 0.6) is 0 Å². The van der Waals surface area contributed by atoms with Crippen LogP contribution in [0.25, 0.3) is 0 Å². The van der Waals surface area contributed by atoms with Crippen LogP contribution >= 0.6 is 0 Å². The van der Waals surface area contributed by atoms with Crippen molar-refractivity contribution >= 4 is 8.80 Å². The number of hydrogen-bond donors (Lipinski definition) is 1. The minimum atomic E-state index is -2.71. The van der Waals surface area contributed by atoms with Gasteiger partial charge in [-0.05, 0) is 32.6 Å². The summed E-state index contributed by atoms with van der Waals surface area (Å²) in [7, 11) is 2.45. The van der Waals surface area contributed by atoms with E-state index in [0.717, 1.165) is 19.3 Å². The van der Waals surface area contributed by atoms with Crippen LogP contribution in [0.15, 0.2) is 0 Å². The molecule has 0 spiro atoms. The smallest absolute Gasteiger partial charge is 0.377 e. The van der Waals surface area contributed by atoms with Crippen LogP contribution in [0.3, 0.4) is 0 Å². The molecule has 5 heteroatoms. The zero-order valence-corrected chi connectivity index (χ0v) is 17.6. The van der Waals surface area contributed by atoms with Crippen molar-refractivity contribution in [2.45, 2.75) is 90.1 Å². The predicted octanol–water partition coefficient (Wildman–Crippen LogP) is 4.75. The van der Waals surface area contributed by atoms with Crippen molar-refractivity contribution in [3.63, 3.8) is 0 Å². The Morgan fingerprint density at radius 3 is 1.74 bits per heavy atom. The highest BCUT2D eigenvalue weighted by molar-refractivity contribution is 6.62. The summed E-state index contributed by atoms with van der Waals surface area (Å²) >= 11 is 0. The van der Waals surface area contributed by atoms with Gasteiger partial charge in [0.1, 0.15) is 0 Å². The Labute approximate surface area is 145 Å². The maximum atomic E-state index is 6.53. The van der Waals surface area contributed by atoms with Crippen LogP contribution in [-0.4, -0.2) is 35.7 Å². The van der Waals surface area contributed by atoms with Crippen molar-refractivity contribution in [3.05, 3.63) is 0 Å². The largest absolute Gasteiger partial charge is 0.503 e. The van der Waals surface area contributed by atoms with E-state index < -0.39 is 8.80 Å². The molecule has 0 aromatic carbocycles. The Balaban J connectivity index is 5.24. The van der Waals surface area contributed by atoms with Gasteiger partial charge >= 0.3 is 8.80 Å². The minimum absolute atomic E-state index is 0.254. The standard InChI is InChI=1S/C18H41NO3Si/c1-8-10-11-12-13-15-17(23(20-5,21-6)22-7)16(14-9-2)18(3,4)19/h16-17H,8-15,19H2,1-7H3. The zero-order valence-electron chi connectivity index (χ0n) is 16.6. The Bertz CT molecular complexity index is 282. The number of hydrogen-bond acceptors (Lipinski definition) is 4.